The summed E-state index contributed by atoms with van der Waals surface area (Å²) in [5.41, 5.74) is 9.16. The number of guanidine groups is 1. The normalized spacial score (nSPS) is 20.7. The number of nitrogens with zero attached hydrogens (tertiary/aromatic N) is 1. The molecule has 22 heavy (non-hydrogen) atoms. The van der Waals surface area contributed by atoms with E-state index in [9.17, 15) is 4.39 Å². The third-order valence-corrected chi connectivity index (χ3v) is 3.97. The van der Waals surface area contributed by atoms with Crippen molar-refractivity contribution in [3.63, 3.8) is 0 Å². The molecule has 3 N–H and O–H groups in total. The van der Waals surface area contributed by atoms with Crippen LogP contribution in [-0.4, -0.2) is 12.0 Å². The number of nitrogens with two attached hydrogens (primary N) is 1. The van der Waals surface area contributed by atoms with Gasteiger partial charge in [-0.05, 0) is 48.2 Å². The van der Waals surface area contributed by atoms with Crippen LogP contribution in [0.15, 0.2) is 53.5 Å². The maximum Gasteiger partial charge on any atom is 0.193 e. The summed E-state index contributed by atoms with van der Waals surface area (Å²) in [4.78, 5) is 4.47. The molecule has 2 aromatic carbocycles. The summed E-state index contributed by atoms with van der Waals surface area (Å²) >= 11 is 0. The molecule has 0 heterocycles. The van der Waals surface area contributed by atoms with Gasteiger partial charge in [0.15, 0.2) is 5.96 Å². The molecule has 0 amide bonds. The van der Waals surface area contributed by atoms with E-state index in [1.807, 2.05) is 18.2 Å². The molecule has 1 fully saturated rings. The molecule has 1 aliphatic carbocycles. The van der Waals surface area contributed by atoms with E-state index >= 15 is 0 Å². The number of nitrogens with one attached hydrogen (secondary N) is 1. The number of hydrogen-bond donors (Lipinski definition) is 2. The first-order valence-electron chi connectivity index (χ1n) is 7.60. The Kier molecular flexibility index (Phi) is 4.09. The number of hydrogen-bond acceptors (Lipinski definition) is 1. The number of benzene rings is 2. The Morgan fingerprint density at radius 2 is 2.05 bits per heavy atom. The maximum absolute atomic E-state index is 13.2. The van der Waals surface area contributed by atoms with Gasteiger partial charge in [-0.25, -0.2) is 9.38 Å². The van der Waals surface area contributed by atoms with Crippen LogP contribution in [0, 0.1) is 5.82 Å². The van der Waals surface area contributed by atoms with Gasteiger partial charge in [0.2, 0.25) is 0 Å². The number of halogens is 1. The Labute approximate surface area is 130 Å². The lowest BCUT2D eigenvalue weighted by atomic mass is 10.1. The molecule has 0 bridgehead atoms. The first-order chi connectivity index (χ1) is 10.7. The van der Waals surface area contributed by atoms with Crippen molar-refractivity contribution in [2.75, 3.05) is 5.32 Å². The van der Waals surface area contributed by atoms with E-state index in [-0.39, 0.29) is 17.8 Å². The zero-order chi connectivity index (χ0) is 15.5. The van der Waals surface area contributed by atoms with Gasteiger partial charge in [-0.15, -0.1) is 0 Å². The van der Waals surface area contributed by atoms with Crippen LogP contribution in [0.4, 0.5) is 10.1 Å². The molecule has 0 unspecified atom stereocenters. The highest BCUT2D eigenvalue weighted by molar-refractivity contribution is 5.92. The second-order valence-corrected chi connectivity index (χ2v) is 5.65. The summed E-state index contributed by atoms with van der Waals surface area (Å²) in [7, 11) is 0. The lowest BCUT2D eigenvalue weighted by Gasteiger charge is -2.06. The van der Waals surface area contributed by atoms with Gasteiger partial charge in [0, 0.05) is 11.6 Å². The molecule has 2 aromatic rings. The van der Waals surface area contributed by atoms with E-state index in [1.54, 1.807) is 12.1 Å². The van der Waals surface area contributed by atoms with Gasteiger partial charge >= 0.3 is 0 Å². The van der Waals surface area contributed by atoms with Crippen molar-refractivity contribution in [3.05, 3.63) is 65.5 Å². The van der Waals surface area contributed by atoms with Crippen LogP contribution in [-0.2, 0) is 6.42 Å². The maximum atomic E-state index is 13.2. The molecule has 0 spiro atoms. The van der Waals surface area contributed by atoms with Crippen LogP contribution >= 0.6 is 0 Å². The molecule has 0 radical (unpaired) electrons. The zero-order valence-electron chi connectivity index (χ0n) is 12.6. The number of anilines is 1. The lowest BCUT2D eigenvalue weighted by Crippen LogP contribution is -2.23. The first kappa shape index (κ1) is 14.6. The molecule has 3 rings (SSSR count). The van der Waals surface area contributed by atoms with E-state index in [0.29, 0.717) is 5.96 Å². The van der Waals surface area contributed by atoms with Gasteiger partial charge in [0.25, 0.3) is 0 Å². The highest BCUT2D eigenvalue weighted by Crippen LogP contribution is 2.43. The number of rotatable bonds is 4. The van der Waals surface area contributed by atoms with Gasteiger partial charge in [-0.2, -0.15) is 0 Å². The van der Waals surface area contributed by atoms with Crippen LogP contribution < -0.4 is 11.1 Å². The van der Waals surface area contributed by atoms with Gasteiger partial charge in [0.1, 0.15) is 5.82 Å². The Morgan fingerprint density at radius 1 is 1.27 bits per heavy atom. The Balaban J connectivity index is 1.61. The summed E-state index contributed by atoms with van der Waals surface area (Å²) in [5.74, 6) is 0.487. The molecule has 0 aliphatic heterocycles. The van der Waals surface area contributed by atoms with Crippen LogP contribution in [0.25, 0.3) is 0 Å². The minimum Gasteiger partial charge on any atom is -0.370 e. The van der Waals surface area contributed by atoms with Crippen molar-refractivity contribution in [1.82, 2.24) is 0 Å². The number of aryl methyl sites for hydroxylation is 1. The predicted molar refractivity (Wildman–Crippen MR) is 88.6 cm³/mol. The molecule has 1 saturated carbocycles. The van der Waals surface area contributed by atoms with E-state index in [0.717, 1.165) is 24.1 Å². The Bertz CT molecular complexity index is 679. The van der Waals surface area contributed by atoms with Crippen LogP contribution in [0.3, 0.4) is 0 Å². The Hall–Kier alpha value is -2.36. The summed E-state index contributed by atoms with van der Waals surface area (Å²) in [6, 6.07) is 15.0. The molecule has 114 valence electrons. The summed E-state index contributed by atoms with van der Waals surface area (Å²) in [5, 5.41) is 3.10. The fourth-order valence-corrected chi connectivity index (χ4v) is 2.60. The van der Waals surface area contributed by atoms with Crippen molar-refractivity contribution in [1.29, 1.82) is 0 Å². The molecule has 1 aliphatic rings. The molecular formula is C18H20FN3. The standard InChI is InChI=1S/C18H20FN3/c1-2-12-6-8-15(9-7-12)21-18(20)22-17-11-16(17)13-4-3-5-14(19)10-13/h3-10,16-17H,2,11H2,1H3,(H3,20,21,22)/t16-,17+/m0/s1. The van der Waals surface area contributed by atoms with Gasteiger partial charge in [-0.1, -0.05) is 31.2 Å². The second kappa shape index (κ2) is 6.18. The van der Waals surface area contributed by atoms with E-state index < -0.39 is 0 Å². The highest BCUT2D eigenvalue weighted by Gasteiger charge is 2.38. The summed E-state index contributed by atoms with van der Waals surface area (Å²) in [6.07, 6.45) is 1.93. The first-order valence-corrected chi connectivity index (χ1v) is 7.60. The van der Waals surface area contributed by atoms with Gasteiger partial charge in [0.05, 0.1) is 6.04 Å². The van der Waals surface area contributed by atoms with E-state index in [2.05, 4.69) is 29.4 Å². The van der Waals surface area contributed by atoms with Crippen LogP contribution in [0.2, 0.25) is 0 Å². The molecule has 3 nitrogen and oxygen atoms in total. The number of aliphatic imine (C=N–C) groups is 1. The third kappa shape index (κ3) is 3.45. The van der Waals surface area contributed by atoms with Gasteiger partial charge < -0.3 is 11.1 Å². The average Bonchev–Trinajstić information content (AvgIpc) is 3.27. The fraction of sp³-hybridized carbons (Fsp3) is 0.278. The minimum atomic E-state index is -0.200. The monoisotopic (exact) mass is 297 g/mol. The Morgan fingerprint density at radius 3 is 2.73 bits per heavy atom. The molecule has 0 aromatic heterocycles. The van der Waals surface area contributed by atoms with E-state index in [4.69, 9.17) is 5.73 Å². The third-order valence-electron chi connectivity index (χ3n) is 3.97. The van der Waals surface area contributed by atoms with Crippen molar-refractivity contribution >= 4 is 11.6 Å². The van der Waals surface area contributed by atoms with Crippen molar-refractivity contribution in [3.8, 4) is 0 Å². The largest absolute Gasteiger partial charge is 0.370 e. The smallest absolute Gasteiger partial charge is 0.193 e. The van der Waals surface area contributed by atoms with Crippen molar-refractivity contribution in [2.24, 2.45) is 10.7 Å². The fourth-order valence-electron chi connectivity index (χ4n) is 2.60. The van der Waals surface area contributed by atoms with Gasteiger partial charge in [-0.3, -0.25) is 0 Å². The lowest BCUT2D eigenvalue weighted by molar-refractivity contribution is 0.625. The highest BCUT2D eigenvalue weighted by atomic mass is 19.1. The zero-order valence-corrected chi connectivity index (χ0v) is 12.6. The molecule has 4 heteroatoms. The summed E-state index contributed by atoms with van der Waals surface area (Å²) in [6.45, 7) is 2.12. The topological polar surface area (TPSA) is 50.4 Å². The van der Waals surface area contributed by atoms with Crippen LogP contribution in [0.5, 0.6) is 0 Å². The second-order valence-electron chi connectivity index (χ2n) is 5.65. The van der Waals surface area contributed by atoms with Crippen molar-refractivity contribution < 1.29 is 4.39 Å². The quantitative estimate of drug-likeness (QED) is 0.668. The average molecular weight is 297 g/mol. The molecule has 0 saturated heterocycles. The summed E-state index contributed by atoms with van der Waals surface area (Å²) < 4.78 is 13.2. The molecule has 2 atom stereocenters. The molecular weight excluding hydrogens is 277 g/mol. The van der Waals surface area contributed by atoms with E-state index in [1.165, 1.54) is 11.6 Å². The minimum absolute atomic E-state index is 0.143. The predicted octanol–water partition coefficient (Wildman–Crippen LogP) is 3.67. The SMILES string of the molecule is CCc1ccc(NC(N)=N[C@@H]2C[C@H]2c2cccc(F)c2)cc1. The van der Waals surface area contributed by atoms with Crippen LogP contribution in [0.1, 0.15) is 30.4 Å². The van der Waals surface area contributed by atoms with Crippen molar-refractivity contribution in [2.45, 2.75) is 31.7 Å².